The molecule has 0 spiro atoms. The highest BCUT2D eigenvalue weighted by molar-refractivity contribution is 7.11. The second-order valence-corrected chi connectivity index (χ2v) is 11.1. The van der Waals surface area contributed by atoms with Gasteiger partial charge in [0, 0.05) is 27.0 Å². The Morgan fingerprint density at radius 2 is 1.66 bits per heavy atom. The highest BCUT2D eigenvalue weighted by Crippen LogP contribution is 2.65. The van der Waals surface area contributed by atoms with Gasteiger partial charge in [0.2, 0.25) is 5.91 Å². The van der Waals surface area contributed by atoms with Crippen LogP contribution in [0, 0.1) is 5.92 Å². The molecule has 14 heteroatoms. The summed E-state index contributed by atoms with van der Waals surface area (Å²) in [4.78, 5) is 28.6. The van der Waals surface area contributed by atoms with Crippen LogP contribution >= 0.6 is 69.3 Å². The van der Waals surface area contributed by atoms with Gasteiger partial charge in [-0.3, -0.25) is 9.59 Å². The Balaban J connectivity index is 1.48. The van der Waals surface area contributed by atoms with Gasteiger partial charge in [0.1, 0.15) is 4.33 Å². The highest BCUT2D eigenvalue weighted by atomic mass is 35.5. The minimum absolute atomic E-state index is 0.0511. The molecule has 2 unspecified atom stereocenters. The van der Waals surface area contributed by atoms with E-state index in [1.165, 1.54) is 24.3 Å². The fourth-order valence-corrected chi connectivity index (χ4v) is 5.68. The molecule has 1 aliphatic carbocycles. The quantitative estimate of drug-likeness (QED) is 0.291. The molecule has 3 aromatic rings. The van der Waals surface area contributed by atoms with Crippen molar-refractivity contribution in [1.82, 2.24) is 4.98 Å². The van der Waals surface area contributed by atoms with Crippen molar-refractivity contribution in [2.24, 2.45) is 5.92 Å². The predicted molar refractivity (Wildman–Crippen MR) is 132 cm³/mol. The van der Waals surface area contributed by atoms with E-state index in [1.54, 1.807) is 12.1 Å². The van der Waals surface area contributed by atoms with Crippen LogP contribution in [0.2, 0.25) is 15.1 Å². The normalized spacial score (nSPS) is 18.7. The number of benzene rings is 2. The number of carbonyl (C=O) groups is 2. The van der Waals surface area contributed by atoms with Crippen molar-refractivity contribution >= 4 is 92.5 Å². The topological polar surface area (TPSA) is 71.1 Å². The van der Waals surface area contributed by atoms with Crippen LogP contribution in [0.1, 0.15) is 27.0 Å². The number of nitrogens with zero attached hydrogens (tertiary/aromatic N) is 1. The molecule has 1 saturated carbocycles. The Morgan fingerprint density at radius 3 is 2.26 bits per heavy atom. The van der Waals surface area contributed by atoms with Gasteiger partial charge in [0.15, 0.2) is 10.7 Å². The van der Waals surface area contributed by atoms with Gasteiger partial charge in [0.25, 0.3) is 5.91 Å². The minimum Gasteiger partial charge on any atom is -0.326 e. The smallest absolute Gasteiger partial charge is 0.326 e. The molecule has 0 radical (unpaired) electrons. The first-order valence-corrected chi connectivity index (χ1v) is 12.3. The van der Waals surface area contributed by atoms with Gasteiger partial charge in [-0.25, -0.2) is 4.98 Å². The first-order chi connectivity index (χ1) is 16.3. The van der Waals surface area contributed by atoms with E-state index in [2.05, 4.69) is 15.6 Å². The van der Waals surface area contributed by atoms with Crippen LogP contribution < -0.4 is 10.6 Å². The molecule has 1 aliphatic rings. The Bertz CT molecular complexity index is 1310. The monoisotopic (exact) mass is 601 g/mol. The van der Waals surface area contributed by atoms with Crippen LogP contribution in [0.4, 0.5) is 24.5 Å². The molecular formula is C21H11Cl5F3N3O2S. The first kappa shape index (κ1) is 26.3. The zero-order valence-electron chi connectivity index (χ0n) is 16.9. The maximum absolute atomic E-state index is 12.9. The lowest BCUT2D eigenvalue weighted by Gasteiger charge is -2.10. The van der Waals surface area contributed by atoms with E-state index < -0.39 is 44.9 Å². The molecule has 2 atom stereocenters. The summed E-state index contributed by atoms with van der Waals surface area (Å²) in [5.41, 5.74) is -0.289. The Hall–Kier alpha value is -1.75. The molecule has 1 fully saturated rings. The average Bonchev–Trinajstić information content (AvgIpc) is 3.08. The second kappa shape index (κ2) is 9.61. The number of halogens is 8. The Kier molecular flexibility index (Phi) is 7.23. The van der Waals surface area contributed by atoms with Crippen LogP contribution in [-0.4, -0.2) is 21.1 Å². The third-order valence-electron chi connectivity index (χ3n) is 5.05. The van der Waals surface area contributed by atoms with Crippen molar-refractivity contribution in [1.29, 1.82) is 0 Å². The molecule has 2 aromatic carbocycles. The molecule has 5 nitrogen and oxygen atoms in total. The lowest BCUT2D eigenvalue weighted by molar-refractivity contribution is -0.140. The molecule has 0 bridgehead atoms. The fraction of sp³-hybridized carbons (Fsp3) is 0.190. The van der Waals surface area contributed by atoms with E-state index in [9.17, 15) is 22.8 Å². The van der Waals surface area contributed by atoms with E-state index in [1.807, 2.05) is 0 Å². The number of amides is 2. The van der Waals surface area contributed by atoms with Gasteiger partial charge in [-0.15, -0.1) is 34.5 Å². The van der Waals surface area contributed by atoms with Crippen LogP contribution in [0.25, 0.3) is 0 Å². The van der Waals surface area contributed by atoms with E-state index in [0.29, 0.717) is 26.9 Å². The summed E-state index contributed by atoms with van der Waals surface area (Å²) in [7, 11) is 0. The summed E-state index contributed by atoms with van der Waals surface area (Å²) < 4.78 is 36.8. The van der Waals surface area contributed by atoms with Crippen molar-refractivity contribution in [3.63, 3.8) is 0 Å². The molecule has 1 aromatic heterocycles. The summed E-state index contributed by atoms with van der Waals surface area (Å²) in [6.45, 7) is 0. The third-order valence-corrected chi connectivity index (χ3v) is 7.60. The van der Waals surface area contributed by atoms with Crippen molar-refractivity contribution < 1.29 is 22.8 Å². The lowest BCUT2D eigenvalue weighted by atomic mass is 10.1. The van der Waals surface area contributed by atoms with Crippen molar-refractivity contribution in [2.45, 2.75) is 16.4 Å². The van der Waals surface area contributed by atoms with Crippen LogP contribution in [0.5, 0.6) is 0 Å². The van der Waals surface area contributed by atoms with Crippen LogP contribution in [-0.2, 0) is 11.0 Å². The molecule has 2 amide bonds. The summed E-state index contributed by atoms with van der Waals surface area (Å²) in [5, 5.41) is 6.18. The molecule has 35 heavy (non-hydrogen) atoms. The number of carbonyl (C=O) groups excluding carboxylic acids is 2. The van der Waals surface area contributed by atoms with Gasteiger partial charge in [-0.05, 0) is 42.0 Å². The maximum atomic E-state index is 12.9. The van der Waals surface area contributed by atoms with Crippen molar-refractivity contribution in [3.8, 4) is 0 Å². The first-order valence-electron chi connectivity index (χ1n) is 9.55. The average molecular weight is 604 g/mol. The summed E-state index contributed by atoms with van der Waals surface area (Å²) in [5.74, 6) is -2.80. The number of nitrogens with one attached hydrogen (secondary N) is 2. The predicted octanol–water partition coefficient (Wildman–Crippen LogP) is 7.90. The number of hydrogen-bond acceptors (Lipinski definition) is 4. The number of rotatable bonds is 5. The molecular weight excluding hydrogens is 593 g/mol. The fourth-order valence-electron chi connectivity index (χ4n) is 3.43. The Labute approximate surface area is 225 Å². The van der Waals surface area contributed by atoms with E-state index in [0.717, 1.165) is 5.38 Å². The van der Waals surface area contributed by atoms with Gasteiger partial charge in [-0.1, -0.05) is 34.8 Å². The minimum atomic E-state index is -4.67. The van der Waals surface area contributed by atoms with E-state index in [4.69, 9.17) is 58.0 Å². The summed E-state index contributed by atoms with van der Waals surface area (Å²) in [6.07, 6.45) is -4.67. The van der Waals surface area contributed by atoms with Crippen LogP contribution in [0.15, 0.2) is 41.8 Å². The van der Waals surface area contributed by atoms with Gasteiger partial charge in [0.05, 0.1) is 16.6 Å². The number of thiazole rings is 1. The SMILES string of the molecule is O=C(Nc1cc(NC(=O)C2C(c3cc(Cl)cc(Cl)c3)C2(Cl)Cl)ccc1Cl)c1nc(C(F)(F)F)cs1. The second-order valence-electron chi connectivity index (χ2n) is 7.51. The standard InChI is InChI=1S/C21H11Cl5F3N3O2S/c22-9-3-8(4-10(23)5-9)15-16(20(15,25)26)17(33)30-11-1-2-12(24)13(6-11)31-18(34)19-32-14(7-35-19)21(27,28)29/h1-7,15-16H,(H,30,33)(H,31,34). The molecule has 0 aliphatic heterocycles. The lowest BCUT2D eigenvalue weighted by Crippen LogP contribution is -2.18. The summed E-state index contributed by atoms with van der Waals surface area (Å²) >= 11 is 31.4. The zero-order chi connectivity index (χ0) is 25.7. The van der Waals surface area contributed by atoms with Crippen molar-refractivity contribution in [3.05, 3.63) is 73.1 Å². The molecule has 184 valence electrons. The molecule has 4 rings (SSSR count). The molecule has 2 N–H and O–H groups in total. The van der Waals surface area contributed by atoms with Crippen molar-refractivity contribution in [2.75, 3.05) is 10.6 Å². The van der Waals surface area contributed by atoms with Gasteiger partial charge in [-0.2, -0.15) is 13.2 Å². The third kappa shape index (κ3) is 5.65. The maximum Gasteiger partial charge on any atom is 0.434 e. The Morgan fingerprint density at radius 1 is 1.00 bits per heavy atom. The number of hydrogen-bond donors (Lipinski definition) is 2. The summed E-state index contributed by atoms with van der Waals surface area (Å²) in [6, 6.07) is 8.97. The van der Waals surface area contributed by atoms with Crippen LogP contribution in [0.3, 0.4) is 0 Å². The number of anilines is 2. The molecule has 0 saturated heterocycles. The molecule has 1 heterocycles. The van der Waals surface area contributed by atoms with Gasteiger partial charge >= 0.3 is 6.18 Å². The van der Waals surface area contributed by atoms with E-state index >= 15 is 0 Å². The number of aromatic nitrogens is 1. The number of alkyl halides is 5. The van der Waals surface area contributed by atoms with E-state index in [-0.39, 0.29) is 16.4 Å². The van der Waals surface area contributed by atoms with Gasteiger partial charge < -0.3 is 10.6 Å². The largest absolute Gasteiger partial charge is 0.434 e. The highest BCUT2D eigenvalue weighted by Gasteiger charge is 2.67. The zero-order valence-corrected chi connectivity index (χ0v) is 21.5.